The van der Waals surface area contributed by atoms with Crippen molar-refractivity contribution in [2.24, 2.45) is 5.41 Å². The number of aliphatic hydroxyl groups is 1. The van der Waals surface area contributed by atoms with Crippen LogP contribution in [0, 0.1) is 11.2 Å². The molecule has 0 aromatic heterocycles. The Morgan fingerprint density at radius 1 is 1.21 bits per heavy atom. The molecule has 212 valence electrons. The first-order valence-electron chi connectivity index (χ1n) is 13.4. The minimum Gasteiger partial charge on any atom is -0.395 e. The van der Waals surface area contributed by atoms with E-state index in [0.717, 1.165) is 6.54 Å². The number of fused-ring (bicyclic) bond motifs is 2. The molecular formula is C29H37Cl2FN4O3. The molecule has 1 fully saturated rings. The van der Waals surface area contributed by atoms with Gasteiger partial charge in [0, 0.05) is 42.3 Å². The Kier molecular flexibility index (Phi) is 8.93. The van der Waals surface area contributed by atoms with Gasteiger partial charge < -0.3 is 21.1 Å². The lowest BCUT2D eigenvalue weighted by molar-refractivity contribution is -0.123. The summed E-state index contributed by atoms with van der Waals surface area (Å²) in [5.74, 6) is -1.86. The van der Waals surface area contributed by atoms with Crippen LogP contribution in [0.4, 0.5) is 10.1 Å². The van der Waals surface area contributed by atoms with Crippen molar-refractivity contribution in [3.05, 3.63) is 63.4 Å². The third kappa shape index (κ3) is 5.81. The molecule has 10 heteroatoms. The zero-order chi connectivity index (χ0) is 28.5. The molecule has 7 nitrogen and oxygen atoms in total. The molecule has 0 aliphatic carbocycles. The fourth-order valence-electron chi connectivity index (χ4n) is 6.15. The summed E-state index contributed by atoms with van der Waals surface area (Å²) in [5.41, 5.74) is 0.141. The average molecular weight is 580 g/mol. The minimum atomic E-state index is -1.28. The highest BCUT2D eigenvalue weighted by molar-refractivity contribution is 6.31. The highest BCUT2D eigenvalue weighted by atomic mass is 35.5. The number of carbonyl (C=O) groups is 2. The minimum absolute atomic E-state index is 0.0366. The maximum Gasteiger partial charge on any atom is 0.237 e. The molecule has 0 saturated carbocycles. The van der Waals surface area contributed by atoms with Crippen LogP contribution in [-0.2, 0) is 15.0 Å². The number of amides is 2. The van der Waals surface area contributed by atoms with Gasteiger partial charge in [0.05, 0.1) is 17.7 Å². The summed E-state index contributed by atoms with van der Waals surface area (Å²) in [6.07, 6.45) is 0.547. The fraction of sp³-hybridized carbons (Fsp3) is 0.517. The summed E-state index contributed by atoms with van der Waals surface area (Å²) in [7, 11) is 0. The smallest absolute Gasteiger partial charge is 0.237 e. The largest absolute Gasteiger partial charge is 0.395 e. The van der Waals surface area contributed by atoms with Crippen LogP contribution in [0.25, 0.3) is 0 Å². The SMILES string of the molecule is CCN(CCO)CCNC(=O)[C@@H]1N[C@H](CC(C)(C)C)[C@]2(C(=O)Nc3cc(Cl)c(F)cc32)[C@H]1c1cccc(Cl)c1. The van der Waals surface area contributed by atoms with E-state index in [4.69, 9.17) is 23.2 Å². The first kappa shape index (κ1) is 29.7. The van der Waals surface area contributed by atoms with E-state index in [0.29, 0.717) is 47.9 Å². The molecule has 2 aromatic rings. The first-order chi connectivity index (χ1) is 18.4. The van der Waals surface area contributed by atoms with Crippen molar-refractivity contribution in [2.75, 3.05) is 38.1 Å². The zero-order valence-electron chi connectivity index (χ0n) is 22.8. The molecule has 1 spiro atoms. The van der Waals surface area contributed by atoms with Gasteiger partial charge in [0.1, 0.15) is 11.2 Å². The van der Waals surface area contributed by atoms with Crippen LogP contribution in [0.2, 0.25) is 10.0 Å². The van der Waals surface area contributed by atoms with Crippen LogP contribution >= 0.6 is 23.2 Å². The quantitative estimate of drug-likeness (QED) is 0.356. The molecule has 1 saturated heterocycles. The molecule has 0 unspecified atom stereocenters. The molecule has 2 amide bonds. The van der Waals surface area contributed by atoms with Crippen LogP contribution in [-0.4, -0.2) is 66.7 Å². The van der Waals surface area contributed by atoms with Crippen molar-refractivity contribution in [1.29, 1.82) is 0 Å². The van der Waals surface area contributed by atoms with Crippen molar-refractivity contribution in [1.82, 2.24) is 15.5 Å². The van der Waals surface area contributed by atoms with Gasteiger partial charge >= 0.3 is 0 Å². The van der Waals surface area contributed by atoms with Crippen molar-refractivity contribution in [3.8, 4) is 0 Å². The molecule has 0 radical (unpaired) electrons. The van der Waals surface area contributed by atoms with E-state index < -0.39 is 29.2 Å². The summed E-state index contributed by atoms with van der Waals surface area (Å²) in [6.45, 7) is 10.4. The van der Waals surface area contributed by atoms with Crippen molar-refractivity contribution in [2.45, 2.75) is 57.5 Å². The molecule has 2 aliphatic rings. The van der Waals surface area contributed by atoms with Crippen LogP contribution < -0.4 is 16.0 Å². The van der Waals surface area contributed by atoms with Crippen LogP contribution in [0.3, 0.4) is 0 Å². The number of anilines is 1. The van der Waals surface area contributed by atoms with Gasteiger partial charge in [-0.2, -0.15) is 0 Å². The first-order valence-corrected chi connectivity index (χ1v) is 14.1. The Morgan fingerprint density at radius 2 is 1.95 bits per heavy atom. The number of nitrogens with one attached hydrogen (secondary N) is 3. The number of rotatable bonds is 9. The molecule has 2 aromatic carbocycles. The molecule has 4 rings (SSSR count). The fourth-order valence-corrected chi connectivity index (χ4v) is 6.51. The van der Waals surface area contributed by atoms with E-state index in [1.165, 1.54) is 12.1 Å². The second-order valence-corrected chi connectivity index (χ2v) is 12.4. The number of likely N-dealkylation sites (N-methyl/N-ethyl adjacent to an activating group) is 1. The number of hydrogen-bond acceptors (Lipinski definition) is 5. The van der Waals surface area contributed by atoms with Crippen LogP contribution in [0.5, 0.6) is 0 Å². The molecule has 4 atom stereocenters. The van der Waals surface area contributed by atoms with Crippen molar-refractivity contribution in [3.63, 3.8) is 0 Å². The predicted octanol–water partition coefficient (Wildman–Crippen LogP) is 4.31. The summed E-state index contributed by atoms with van der Waals surface area (Å²) in [4.78, 5) is 30.0. The van der Waals surface area contributed by atoms with Gasteiger partial charge in [0.25, 0.3) is 0 Å². The molecule has 39 heavy (non-hydrogen) atoms. The molecule has 2 aliphatic heterocycles. The van der Waals surface area contributed by atoms with Crippen molar-refractivity contribution >= 4 is 40.7 Å². The van der Waals surface area contributed by atoms with E-state index in [1.807, 2.05) is 17.9 Å². The lowest BCUT2D eigenvalue weighted by Gasteiger charge is -2.37. The van der Waals surface area contributed by atoms with E-state index in [9.17, 15) is 19.1 Å². The van der Waals surface area contributed by atoms with E-state index >= 15 is 0 Å². The van der Waals surface area contributed by atoms with E-state index in [-0.39, 0.29) is 28.9 Å². The van der Waals surface area contributed by atoms with Gasteiger partial charge in [-0.05, 0) is 53.8 Å². The summed E-state index contributed by atoms with van der Waals surface area (Å²) in [6, 6.07) is 8.66. The lowest BCUT2D eigenvalue weighted by Crippen LogP contribution is -2.49. The Hall–Kier alpha value is -2.23. The van der Waals surface area contributed by atoms with Gasteiger partial charge in [0.2, 0.25) is 11.8 Å². The number of carbonyl (C=O) groups excluding carboxylic acids is 2. The monoisotopic (exact) mass is 578 g/mol. The number of hydrogen-bond donors (Lipinski definition) is 4. The topological polar surface area (TPSA) is 93.7 Å². The number of nitrogens with zero attached hydrogens (tertiary/aromatic N) is 1. The van der Waals surface area contributed by atoms with E-state index in [1.54, 1.807) is 18.2 Å². The zero-order valence-corrected chi connectivity index (χ0v) is 24.3. The maximum absolute atomic E-state index is 15.0. The summed E-state index contributed by atoms with van der Waals surface area (Å²) in [5, 5.41) is 19.2. The molecule has 4 N–H and O–H groups in total. The van der Waals surface area contributed by atoms with Gasteiger partial charge in [-0.3, -0.25) is 14.5 Å². The number of halogens is 3. The molecule has 2 heterocycles. The molecule has 0 bridgehead atoms. The second-order valence-electron chi connectivity index (χ2n) is 11.6. The Balaban J connectivity index is 1.83. The summed E-state index contributed by atoms with van der Waals surface area (Å²) >= 11 is 12.5. The third-order valence-electron chi connectivity index (χ3n) is 7.78. The van der Waals surface area contributed by atoms with E-state index in [2.05, 4.69) is 36.7 Å². The van der Waals surface area contributed by atoms with Gasteiger partial charge in [-0.15, -0.1) is 0 Å². The van der Waals surface area contributed by atoms with Crippen LogP contribution in [0.15, 0.2) is 36.4 Å². The number of aliphatic hydroxyl groups excluding tert-OH is 1. The van der Waals surface area contributed by atoms with Crippen molar-refractivity contribution < 1.29 is 19.1 Å². The Labute approximate surface area is 239 Å². The van der Waals surface area contributed by atoms with Crippen LogP contribution in [0.1, 0.15) is 51.2 Å². The predicted molar refractivity (Wildman–Crippen MR) is 153 cm³/mol. The Morgan fingerprint density at radius 3 is 2.59 bits per heavy atom. The normalized spacial score (nSPS) is 24.3. The summed E-state index contributed by atoms with van der Waals surface area (Å²) < 4.78 is 15.0. The Bertz CT molecular complexity index is 1240. The average Bonchev–Trinajstić information content (AvgIpc) is 3.33. The second kappa shape index (κ2) is 11.7. The highest BCUT2D eigenvalue weighted by Crippen LogP contribution is 2.57. The lowest BCUT2D eigenvalue weighted by atomic mass is 9.62. The third-order valence-corrected chi connectivity index (χ3v) is 8.31. The van der Waals surface area contributed by atoms with Gasteiger partial charge in [-0.25, -0.2) is 4.39 Å². The highest BCUT2D eigenvalue weighted by Gasteiger charge is 2.65. The standard InChI is InChI=1S/C29H37Cl2FN4O3/c1-5-36(11-12-37)10-9-33-26(38)25-24(17-7-6-8-18(30)13-17)29(23(35-25)16-28(2,3)4)19-14-21(32)20(31)15-22(19)34-27(29)39/h6-8,13-15,23-25,35,37H,5,9-12,16H2,1-4H3,(H,33,38)(H,34,39)/t23-,24+,25-,29+/m1/s1. The maximum atomic E-state index is 15.0. The van der Waals surface area contributed by atoms with Gasteiger partial charge in [0.15, 0.2) is 0 Å². The number of benzene rings is 2. The van der Waals surface area contributed by atoms with Gasteiger partial charge in [-0.1, -0.05) is 63.0 Å². The molecular weight excluding hydrogens is 542 g/mol.